The molecule has 0 aromatic rings. The van der Waals surface area contributed by atoms with Crippen LogP contribution in [0.4, 0.5) is 0 Å². The van der Waals surface area contributed by atoms with Gasteiger partial charge in [-0.1, -0.05) is 84.1 Å². The van der Waals surface area contributed by atoms with Gasteiger partial charge in [0.2, 0.25) is 5.91 Å². The van der Waals surface area contributed by atoms with Gasteiger partial charge in [-0.2, -0.15) is 8.42 Å². The van der Waals surface area contributed by atoms with E-state index in [9.17, 15) is 13.2 Å². The van der Waals surface area contributed by atoms with Crippen LogP contribution in [0.2, 0.25) is 0 Å². The summed E-state index contributed by atoms with van der Waals surface area (Å²) in [5.41, 5.74) is 5.64. The van der Waals surface area contributed by atoms with Crippen LogP contribution in [0, 0.1) is 0 Å². The molecule has 0 radical (unpaired) electrons. The van der Waals surface area contributed by atoms with Crippen LogP contribution in [0.15, 0.2) is 11.6 Å². The molecule has 0 fully saturated rings. The molecule has 0 bridgehead atoms. The predicted octanol–water partition coefficient (Wildman–Crippen LogP) is 1.88. The van der Waals surface area contributed by atoms with E-state index in [-0.39, 0.29) is 37.4 Å². The summed E-state index contributed by atoms with van der Waals surface area (Å²) in [5.74, 6) is -0.603. The standard InChI is InChI=1S/C19H37NO4S.Na.H/c1-3-5-6-7-8-9-10-11-12-13-14-15-17(19(20)21)16-18(4-2)25(22,23)24;;/h16,18H,3-15H2,1-2H3,(H2,20,21)(H,22,23,24);;/q;+1;-1. The normalized spacial score (nSPS) is 13.3. The molecule has 0 saturated heterocycles. The van der Waals surface area contributed by atoms with Gasteiger partial charge in [-0.15, -0.1) is 0 Å². The molecule has 0 rings (SSSR count). The molecule has 7 heteroatoms. The summed E-state index contributed by atoms with van der Waals surface area (Å²) in [6, 6.07) is 0. The van der Waals surface area contributed by atoms with Crippen molar-refractivity contribution < 1.29 is 48.7 Å². The SMILES string of the molecule is CCCCCCCCCCCCCC(=CC(CC)S(=O)(=O)O)C(N)=O.[H-].[Na+]. The first kappa shape index (κ1) is 28.3. The molecule has 0 saturated carbocycles. The number of amides is 1. The van der Waals surface area contributed by atoms with Crippen LogP contribution in [-0.2, 0) is 14.9 Å². The molecular weight excluding hydrogens is 361 g/mol. The van der Waals surface area contributed by atoms with Crippen molar-refractivity contribution in [2.24, 2.45) is 5.73 Å². The van der Waals surface area contributed by atoms with Crippen LogP contribution in [0.3, 0.4) is 0 Å². The van der Waals surface area contributed by atoms with E-state index in [0.717, 1.165) is 19.3 Å². The van der Waals surface area contributed by atoms with Gasteiger partial charge in [0, 0.05) is 5.57 Å². The second-order valence-electron chi connectivity index (χ2n) is 6.80. The molecule has 0 aliphatic carbocycles. The monoisotopic (exact) mass is 399 g/mol. The largest absolute Gasteiger partial charge is 1.00 e. The van der Waals surface area contributed by atoms with Crippen LogP contribution in [0.1, 0.15) is 98.7 Å². The molecule has 150 valence electrons. The molecule has 1 atom stereocenters. The molecule has 3 N–H and O–H groups in total. The molecule has 0 aliphatic heterocycles. The molecule has 1 amide bonds. The molecule has 5 nitrogen and oxygen atoms in total. The van der Waals surface area contributed by atoms with Crippen molar-refractivity contribution in [3.8, 4) is 0 Å². The predicted molar refractivity (Wildman–Crippen MR) is 105 cm³/mol. The first-order valence-corrected chi connectivity index (χ1v) is 11.3. The fourth-order valence-corrected chi connectivity index (χ4v) is 3.66. The first-order valence-electron chi connectivity index (χ1n) is 9.79. The number of hydrogen-bond acceptors (Lipinski definition) is 3. The Labute approximate surface area is 184 Å². The van der Waals surface area contributed by atoms with Gasteiger partial charge in [-0.25, -0.2) is 0 Å². The van der Waals surface area contributed by atoms with Gasteiger partial charge in [0.25, 0.3) is 10.1 Å². The summed E-state index contributed by atoms with van der Waals surface area (Å²) in [7, 11) is -4.18. The summed E-state index contributed by atoms with van der Waals surface area (Å²) in [6.07, 6.45) is 15.3. The molecule has 26 heavy (non-hydrogen) atoms. The minimum Gasteiger partial charge on any atom is -1.00 e. The van der Waals surface area contributed by atoms with Gasteiger partial charge in [-0.3, -0.25) is 9.35 Å². The van der Waals surface area contributed by atoms with Crippen LogP contribution in [-0.4, -0.2) is 24.1 Å². The molecule has 1 unspecified atom stereocenters. The quantitative estimate of drug-likeness (QED) is 0.179. The average Bonchev–Trinajstić information content (AvgIpc) is 2.53. The summed E-state index contributed by atoms with van der Waals surface area (Å²) >= 11 is 0. The molecule has 0 aliphatic rings. The summed E-state index contributed by atoms with van der Waals surface area (Å²) in [4.78, 5) is 11.5. The van der Waals surface area contributed by atoms with Crippen molar-refractivity contribution in [1.82, 2.24) is 0 Å². The van der Waals surface area contributed by atoms with Crippen molar-refractivity contribution in [2.75, 3.05) is 0 Å². The zero-order valence-electron chi connectivity index (χ0n) is 18.0. The van der Waals surface area contributed by atoms with E-state index in [1.54, 1.807) is 6.92 Å². The Kier molecular flexibility index (Phi) is 18.8. The van der Waals surface area contributed by atoms with Gasteiger partial charge in [0.1, 0.15) is 5.25 Å². The maximum absolute atomic E-state index is 11.5. The van der Waals surface area contributed by atoms with Crippen LogP contribution >= 0.6 is 0 Å². The maximum Gasteiger partial charge on any atom is 1.00 e. The molecule has 0 aromatic carbocycles. The van der Waals surface area contributed by atoms with Gasteiger partial charge in [0.05, 0.1) is 0 Å². The summed E-state index contributed by atoms with van der Waals surface area (Å²) in [5, 5.41) is -1.05. The molecule has 0 spiro atoms. The third-order valence-corrected chi connectivity index (χ3v) is 5.77. The van der Waals surface area contributed by atoms with Crippen molar-refractivity contribution in [2.45, 2.75) is 103 Å². The topological polar surface area (TPSA) is 97.5 Å². The molecular formula is C19H38NNaO4S. The van der Waals surface area contributed by atoms with Crippen molar-refractivity contribution >= 4 is 16.0 Å². The number of unbranched alkanes of at least 4 members (excludes halogenated alkanes) is 10. The van der Waals surface area contributed by atoms with E-state index in [1.165, 1.54) is 57.4 Å². The van der Waals surface area contributed by atoms with Crippen LogP contribution in [0.5, 0.6) is 0 Å². The van der Waals surface area contributed by atoms with E-state index in [1.807, 2.05) is 0 Å². The van der Waals surface area contributed by atoms with E-state index < -0.39 is 21.3 Å². The Morgan fingerprint density at radius 3 is 1.73 bits per heavy atom. The van der Waals surface area contributed by atoms with Gasteiger partial charge in [0.15, 0.2) is 0 Å². The van der Waals surface area contributed by atoms with E-state index >= 15 is 0 Å². The number of carbonyl (C=O) groups is 1. The summed E-state index contributed by atoms with van der Waals surface area (Å²) < 4.78 is 31.6. The maximum atomic E-state index is 11.5. The minimum atomic E-state index is -4.18. The Hall–Kier alpha value is 0.120. The van der Waals surface area contributed by atoms with Crippen LogP contribution in [0.25, 0.3) is 0 Å². The number of rotatable bonds is 16. The zero-order valence-corrected chi connectivity index (χ0v) is 19.8. The number of carbonyl (C=O) groups excluding carboxylic acids is 1. The fourth-order valence-electron chi connectivity index (χ4n) is 2.91. The van der Waals surface area contributed by atoms with E-state index in [0.29, 0.717) is 12.0 Å². The second kappa shape index (κ2) is 17.2. The fraction of sp³-hybridized carbons (Fsp3) is 0.842. The smallest absolute Gasteiger partial charge is 1.00 e. The number of primary amides is 1. The number of hydrogen-bond donors (Lipinski definition) is 2. The van der Waals surface area contributed by atoms with Crippen molar-refractivity contribution in [3.63, 3.8) is 0 Å². The van der Waals surface area contributed by atoms with Crippen LogP contribution < -0.4 is 35.3 Å². The molecule has 0 heterocycles. The number of nitrogens with two attached hydrogens (primary N) is 1. The minimum absolute atomic E-state index is 0. The average molecular weight is 400 g/mol. The van der Waals surface area contributed by atoms with Gasteiger partial charge < -0.3 is 7.16 Å². The van der Waals surface area contributed by atoms with E-state index in [4.69, 9.17) is 10.3 Å². The third kappa shape index (κ3) is 15.2. The van der Waals surface area contributed by atoms with Crippen molar-refractivity contribution in [1.29, 1.82) is 0 Å². The van der Waals surface area contributed by atoms with Gasteiger partial charge in [-0.05, 0) is 19.3 Å². The zero-order chi connectivity index (χ0) is 19.1. The van der Waals surface area contributed by atoms with Gasteiger partial charge >= 0.3 is 29.6 Å². The Morgan fingerprint density at radius 2 is 1.38 bits per heavy atom. The Balaban J connectivity index is -0.00000288. The first-order chi connectivity index (χ1) is 11.8. The third-order valence-electron chi connectivity index (χ3n) is 4.54. The Bertz CT molecular complexity index is 498. The van der Waals surface area contributed by atoms with Crippen molar-refractivity contribution in [3.05, 3.63) is 11.6 Å². The Morgan fingerprint density at radius 1 is 0.962 bits per heavy atom. The van der Waals surface area contributed by atoms with E-state index in [2.05, 4.69) is 6.92 Å². The molecule has 0 aromatic heterocycles. The summed E-state index contributed by atoms with van der Waals surface area (Å²) in [6.45, 7) is 3.87. The second-order valence-corrected chi connectivity index (χ2v) is 8.44.